The first-order valence-corrected chi connectivity index (χ1v) is 11.7. The number of amides is 6. The number of carbonyl (C=O) groups excluding carboxylic acids is 6. The first-order valence-electron chi connectivity index (χ1n) is 10.4. The van der Waals surface area contributed by atoms with Crippen LogP contribution >= 0.6 is 25.3 Å². The summed E-state index contributed by atoms with van der Waals surface area (Å²) in [4.78, 5) is 74.0. The van der Waals surface area contributed by atoms with Crippen molar-refractivity contribution in [3.63, 3.8) is 0 Å². The summed E-state index contributed by atoms with van der Waals surface area (Å²) in [5, 5.41) is 12.3. The van der Waals surface area contributed by atoms with E-state index in [1.807, 2.05) is 0 Å². The van der Waals surface area contributed by atoms with Crippen LogP contribution in [0.5, 0.6) is 0 Å². The number of thiol groups is 2. The Hall–Kier alpha value is -2.48. The van der Waals surface area contributed by atoms with Gasteiger partial charge in [0.25, 0.3) is 0 Å². The van der Waals surface area contributed by atoms with E-state index in [9.17, 15) is 28.8 Å². The minimum absolute atomic E-state index is 0.0527. The first kappa shape index (κ1) is 28.6. The number of carbonyl (C=O) groups is 6. The Morgan fingerprint density at radius 3 is 2.12 bits per heavy atom. The molecule has 1 aliphatic rings. The minimum Gasteiger partial charge on any atom is -0.357 e. The molecule has 0 aliphatic carbocycles. The summed E-state index contributed by atoms with van der Waals surface area (Å²) in [5.74, 6) is -2.78. The second-order valence-corrected chi connectivity index (χ2v) is 8.22. The van der Waals surface area contributed by atoms with E-state index in [1.54, 1.807) is 0 Å². The van der Waals surface area contributed by atoms with E-state index in [1.165, 1.54) is 25.8 Å². The normalized spacial score (nSPS) is 17.8. The summed E-state index contributed by atoms with van der Waals surface area (Å²) < 4.78 is 0. The molecule has 6 amide bonds. The number of nitrogens with zero attached hydrogens (tertiary/aromatic N) is 1. The van der Waals surface area contributed by atoms with E-state index in [0.717, 1.165) is 0 Å². The first-order chi connectivity index (χ1) is 15.5. The molecular weight excluding hydrogens is 472 g/mol. The smallest absolute Gasteiger partial charge is 0.245 e. The molecule has 14 heteroatoms. The van der Waals surface area contributed by atoms with Gasteiger partial charge in [-0.1, -0.05) is 0 Å². The van der Waals surface area contributed by atoms with Gasteiger partial charge in [0.15, 0.2) is 0 Å². The molecule has 0 radical (unpaired) electrons. The number of nitrogens with one attached hydrogen (secondary N) is 5. The van der Waals surface area contributed by atoms with E-state index in [0.29, 0.717) is 19.4 Å². The van der Waals surface area contributed by atoms with Crippen LogP contribution in [0.3, 0.4) is 0 Å². The van der Waals surface area contributed by atoms with Crippen molar-refractivity contribution in [1.29, 1.82) is 0 Å². The van der Waals surface area contributed by atoms with Gasteiger partial charge in [0.05, 0.1) is 6.54 Å². The van der Waals surface area contributed by atoms with Crippen LogP contribution in [-0.4, -0.2) is 96.2 Å². The molecule has 4 atom stereocenters. The minimum atomic E-state index is -0.936. The maximum atomic E-state index is 12.9. The van der Waals surface area contributed by atoms with Crippen LogP contribution in [0.15, 0.2) is 0 Å². The molecule has 1 fully saturated rings. The van der Waals surface area contributed by atoms with E-state index < -0.39 is 59.6 Å². The molecule has 33 heavy (non-hydrogen) atoms. The van der Waals surface area contributed by atoms with E-state index in [-0.39, 0.29) is 18.1 Å². The lowest BCUT2D eigenvalue weighted by Crippen LogP contribution is -2.56. The van der Waals surface area contributed by atoms with Crippen LogP contribution < -0.4 is 26.6 Å². The van der Waals surface area contributed by atoms with Crippen molar-refractivity contribution in [2.24, 2.45) is 0 Å². The molecule has 12 nitrogen and oxygen atoms in total. The van der Waals surface area contributed by atoms with Gasteiger partial charge in [0.1, 0.15) is 24.2 Å². The predicted molar refractivity (Wildman–Crippen MR) is 127 cm³/mol. The van der Waals surface area contributed by atoms with Gasteiger partial charge in [-0.3, -0.25) is 28.8 Å². The molecular formula is C19H32N6O6S2. The molecule has 1 heterocycles. The number of likely N-dealkylation sites (tertiary alicyclic amines) is 1. The Balaban J connectivity index is 2.65. The maximum absolute atomic E-state index is 12.9. The van der Waals surface area contributed by atoms with Crippen LogP contribution in [0.1, 0.15) is 26.7 Å². The highest BCUT2D eigenvalue weighted by Gasteiger charge is 2.37. The zero-order chi connectivity index (χ0) is 25.1. The van der Waals surface area contributed by atoms with Crippen LogP contribution in [0.25, 0.3) is 0 Å². The third-order valence-electron chi connectivity index (χ3n) is 4.95. The summed E-state index contributed by atoms with van der Waals surface area (Å²) in [6, 6.07) is -3.46. The van der Waals surface area contributed by atoms with Crippen molar-refractivity contribution in [2.45, 2.75) is 50.9 Å². The number of hydrogen-bond acceptors (Lipinski definition) is 8. The number of rotatable bonds is 11. The average Bonchev–Trinajstić information content (AvgIpc) is 3.27. The Kier molecular flexibility index (Phi) is 12.1. The predicted octanol–water partition coefficient (Wildman–Crippen LogP) is -2.81. The van der Waals surface area contributed by atoms with E-state index in [2.05, 4.69) is 51.8 Å². The Morgan fingerprint density at radius 1 is 0.970 bits per heavy atom. The van der Waals surface area contributed by atoms with E-state index >= 15 is 0 Å². The molecule has 0 aromatic heterocycles. The fourth-order valence-corrected chi connectivity index (χ4v) is 3.78. The monoisotopic (exact) mass is 504 g/mol. The second-order valence-electron chi connectivity index (χ2n) is 7.49. The van der Waals surface area contributed by atoms with Gasteiger partial charge in [0.2, 0.25) is 35.4 Å². The maximum Gasteiger partial charge on any atom is 0.245 e. The molecule has 0 saturated carbocycles. The third kappa shape index (κ3) is 8.76. The zero-order valence-electron chi connectivity index (χ0n) is 18.8. The lowest BCUT2D eigenvalue weighted by atomic mass is 10.2. The summed E-state index contributed by atoms with van der Waals surface area (Å²) in [6.07, 6.45) is 0.989. The van der Waals surface area contributed by atoms with Gasteiger partial charge in [-0.05, 0) is 19.8 Å². The zero-order valence-corrected chi connectivity index (χ0v) is 20.6. The molecule has 1 rings (SSSR count). The fourth-order valence-electron chi connectivity index (χ4n) is 3.27. The largest absolute Gasteiger partial charge is 0.357 e. The Bertz CT molecular complexity index is 767. The van der Waals surface area contributed by atoms with Gasteiger partial charge >= 0.3 is 0 Å². The summed E-state index contributed by atoms with van der Waals surface area (Å²) >= 11 is 8.05. The third-order valence-corrected chi connectivity index (χ3v) is 5.68. The Labute approximate surface area is 203 Å². The highest BCUT2D eigenvalue weighted by molar-refractivity contribution is 7.80. The molecule has 186 valence electrons. The van der Waals surface area contributed by atoms with Crippen LogP contribution in [0.2, 0.25) is 0 Å². The fraction of sp³-hybridized carbons (Fsp3) is 0.684. The van der Waals surface area contributed by atoms with Gasteiger partial charge in [-0.15, -0.1) is 0 Å². The van der Waals surface area contributed by atoms with Crippen molar-refractivity contribution in [3.05, 3.63) is 0 Å². The number of likely N-dealkylation sites (N-methyl/N-ethyl adjacent to an activating group) is 1. The summed E-state index contributed by atoms with van der Waals surface area (Å²) in [7, 11) is 1.43. The highest BCUT2D eigenvalue weighted by Crippen LogP contribution is 2.18. The molecule has 0 spiro atoms. The van der Waals surface area contributed by atoms with Crippen molar-refractivity contribution in [1.82, 2.24) is 31.5 Å². The SMILES string of the molecule is CNC(=O)[C@H](CS)NC(=O)CNC(=O)[C@@H]1CCCN1C(=O)[C@H](C)NC(=O)[C@H](CS)NC(C)=O. The van der Waals surface area contributed by atoms with Crippen molar-refractivity contribution in [2.75, 3.05) is 31.6 Å². The molecule has 0 unspecified atom stereocenters. The molecule has 0 aromatic rings. The van der Waals surface area contributed by atoms with Crippen LogP contribution in [-0.2, 0) is 28.8 Å². The van der Waals surface area contributed by atoms with Crippen molar-refractivity contribution < 1.29 is 28.8 Å². The van der Waals surface area contributed by atoms with Crippen molar-refractivity contribution in [3.8, 4) is 0 Å². The molecule has 5 N–H and O–H groups in total. The van der Waals surface area contributed by atoms with Gasteiger partial charge in [-0.2, -0.15) is 25.3 Å². The molecule has 0 aromatic carbocycles. The lowest BCUT2D eigenvalue weighted by molar-refractivity contribution is -0.141. The van der Waals surface area contributed by atoms with Gasteiger partial charge in [0, 0.05) is 32.0 Å². The highest BCUT2D eigenvalue weighted by atomic mass is 32.1. The van der Waals surface area contributed by atoms with Gasteiger partial charge < -0.3 is 31.5 Å². The van der Waals surface area contributed by atoms with E-state index in [4.69, 9.17) is 0 Å². The quantitative estimate of drug-likeness (QED) is 0.150. The molecule has 1 aliphatic heterocycles. The Morgan fingerprint density at radius 2 is 1.58 bits per heavy atom. The average molecular weight is 505 g/mol. The molecule has 1 saturated heterocycles. The topological polar surface area (TPSA) is 166 Å². The number of hydrogen-bond donors (Lipinski definition) is 7. The van der Waals surface area contributed by atoms with Crippen molar-refractivity contribution >= 4 is 60.7 Å². The molecule has 0 bridgehead atoms. The summed E-state index contributed by atoms with van der Waals surface area (Å²) in [6.45, 7) is 2.71. The lowest BCUT2D eigenvalue weighted by Gasteiger charge is -2.28. The summed E-state index contributed by atoms with van der Waals surface area (Å²) in [5.41, 5.74) is 0. The van der Waals surface area contributed by atoms with Crippen LogP contribution in [0.4, 0.5) is 0 Å². The second kappa shape index (κ2) is 13.9. The van der Waals surface area contributed by atoms with Gasteiger partial charge in [-0.25, -0.2) is 0 Å². The van der Waals surface area contributed by atoms with Crippen LogP contribution in [0, 0.1) is 0 Å². The standard InChI is InChI=1S/C19H32N6O6S2/c1-10(22-17(29)13(9-33)23-11(2)26)19(31)25-6-4-5-14(25)18(30)21-7-15(27)24-12(8-32)16(28)20-3/h10,12-14,32-33H,4-9H2,1-3H3,(H,20,28)(H,21,30)(H,22,29)(H,23,26)(H,24,27)/t10-,12-,13-,14-/m0/s1.